The van der Waals surface area contributed by atoms with Crippen LogP contribution in [-0.2, 0) is 6.42 Å². The number of phenols is 1. The predicted molar refractivity (Wildman–Crippen MR) is 79.0 cm³/mol. The zero-order chi connectivity index (χ0) is 13.4. The summed E-state index contributed by atoms with van der Waals surface area (Å²) in [5.41, 5.74) is 4.36. The summed E-state index contributed by atoms with van der Waals surface area (Å²) in [6.45, 7) is 2.00. The molecule has 2 N–H and O–H groups in total. The zero-order valence-electron chi connectivity index (χ0n) is 10.8. The number of rotatable bonds is 2. The van der Waals surface area contributed by atoms with E-state index in [0.29, 0.717) is 5.75 Å². The van der Waals surface area contributed by atoms with Crippen molar-refractivity contribution in [2.24, 2.45) is 0 Å². The standard InChI is InChI=1S/C16H16ClNO/c1-10-5-6-11(9-14(10)17)18-15-8-7-13-12(15)3-2-4-16(13)19/h2-6,9,15,18-19H,7-8H2,1H3. The summed E-state index contributed by atoms with van der Waals surface area (Å²) in [7, 11) is 0. The summed E-state index contributed by atoms with van der Waals surface area (Å²) in [5, 5.41) is 14.1. The molecule has 0 spiro atoms. The maximum Gasteiger partial charge on any atom is 0.119 e. The second kappa shape index (κ2) is 4.78. The third kappa shape index (κ3) is 2.28. The Morgan fingerprint density at radius 2 is 2.11 bits per heavy atom. The lowest BCUT2D eigenvalue weighted by atomic mass is 10.1. The minimum atomic E-state index is 0.251. The monoisotopic (exact) mass is 273 g/mol. The summed E-state index contributed by atoms with van der Waals surface area (Å²) in [6, 6.07) is 12.0. The highest BCUT2D eigenvalue weighted by Gasteiger charge is 2.24. The molecule has 3 heteroatoms. The van der Waals surface area contributed by atoms with Crippen LogP contribution in [0.5, 0.6) is 5.75 Å². The molecule has 2 nitrogen and oxygen atoms in total. The van der Waals surface area contributed by atoms with Gasteiger partial charge in [0.05, 0.1) is 6.04 Å². The first-order valence-corrected chi connectivity index (χ1v) is 6.86. The van der Waals surface area contributed by atoms with E-state index >= 15 is 0 Å². The van der Waals surface area contributed by atoms with Crippen molar-refractivity contribution in [3.05, 3.63) is 58.1 Å². The van der Waals surface area contributed by atoms with E-state index in [1.165, 1.54) is 5.56 Å². The van der Waals surface area contributed by atoms with Gasteiger partial charge in [0.1, 0.15) is 5.75 Å². The van der Waals surface area contributed by atoms with Crippen molar-refractivity contribution in [2.75, 3.05) is 5.32 Å². The van der Waals surface area contributed by atoms with E-state index < -0.39 is 0 Å². The Kier molecular flexibility index (Phi) is 3.11. The Bertz CT molecular complexity index is 624. The maximum absolute atomic E-state index is 9.85. The number of hydrogen-bond donors (Lipinski definition) is 2. The molecule has 2 aromatic carbocycles. The van der Waals surface area contributed by atoms with E-state index in [0.717, 1.165) is 34.7 Å². The quantitative estimate of drug-likeness (QED) is 0.847. The molecule has 0 aromatic heterocycles. The lowest BCUT2D eigenvalue weighted by Gasteiger charge is -2.16. The largest absolute Gasteiger partial charge is 0.508 e. The number of anilines is 1. The number of fused-ring (bicyclic) bond motifs is 1. The Labute approximate surface area is 118 Å². The number of halogens is 1. The van der Waals surface area contributed by atoms with E-state index in [-0.39, 0.29) is 6.04 Å². The van der Waals surface area contributed by atoms with Gasteiger partial charge in [-0.05, 0) is 54.7 Å². The van der Waals surface area contributed by atoms with Crippen molar-refractivity contribution in [3.8, 4) is 5.75 Å². The smallest absolute Gasteiger partial charge is 0.119 e. The highest BCUT2D eigenvalue weighted by molar-refractivity contribution is 6.31. The highest BCUT2D eigenvalue weighted by Crippen LogP contribution is 2.38. The van der Waals surface area contributed by atoms with E-state index in [1.807, 2.05) is 31.2 Å². The summed E-state index contributed by atoms with van der Waals surface area (Å²) in [5.74, 6) is 0.406. The predicted octanol–water partition coefficient (Wildman–Crippen LogP) is 4.45. The van der Waals surface area contributed by atoms with Crippen LogP contribution in [0, 0.1) is 6.92 Å². The van der Waals surface area contributed by atoms with E-state index in [4.69, 9.17) is 11.6 Å². The first-order chi connectivity index (χ1) is 9.15. The van der Waals surface area contributed by atoms with Crippen LogP contribution in [0.25, 0.3) is 0 Å². The van der Waals surface area contributed by atoms with Crippen molar-refractivity contribution in [2.45, 2.75) is 25.8 Å². The SMILES string of the molecule is Cc1ccc(NC2CCc3c(O)cccc32)cc1Cl. The number of phenolic OH excluding ortho intramolecular Hbond substituents is 1. The van der Waals surface area contributed by atoms with Crippen LogP contribution in [-0.4, -0.2) is 5.11 Å². The van der Waals surface area contributed by atoms with E-state index in [1.54, 1.807) is 6.07 Å². The number of aryl methyl sites for hydroxylation is 1. The lowest BCUT2D eigenvalue weighted by Crippen LogP contribution is -2.07. The maximum atomic E-state index is 9.85. The molecule has 19 heavy (non-hydrogen) atoms. The molecule has 1 unspecified atom stereocenters. The molecular formula is C16H16ClNO. The van der Waals surface area contributed by atoms with Crippen LogP contribution < -0.4 is 5.32 Å². The highest BCUT2D eigenvalue weighted by atomic mass is 35.5. The molecule has 0 saturated heterocycles. The fraction of sp³-hybridized carbons (Fsp3) is 0.250. The average Bonchev–Trinajstić information content (AvgIpc) is 2.79. The Hall–Kier alpha value is -1.67. The molecule has 1 aliphatic carbocycles. The van der Waals surface area contributed by atoms with Gasteiger partial charge in [0.2, 0.25) is 0 Å². The molecular weight excluding hydrogens is 258 g/mol. The normalized spacial score (nSPS) is 17.3. The van der Waals surface area contributed by atoms with Crippen LogP contribution in [0.2, 0.25) is 5.02 Å². The molecule has 0 radical (unpaired) electrons. The van der Waals surface area contributed by atoms with Crippen LogP contribution >= 0.6 is 11.6 Å². The molecule has 0 fully saturated rings. The van der Waals surface area contributed by atoms with Gasteiger partial charge in [0.15, 0.2) is 0 Å². The minimum Gasteiger partial charge on any atom is -0.508 e. The molecule has 1 atom stereocenters. The average molecular weight is 274 g/mol. The molecule has 2 aromatic rings. The van der Waals surface area contributed by atoms with Crippen molar-refractivity contribution < 1.29 is 5.11 Å². The van der Waals surface area contributed by atoms with Crippen LogP contribution in [0.4, 0.5) is 5.69 Å². The van der Waals surface area contributed by atoms with E-state index in [2.05, 4.69) is 11.4 Å². The lowest BCUT2D eigenvalue weighted by molar-refractivity contribution is 0.469. The van der Waals surface area contributed by atoms with Gasteiger partial charge in [-0.1, -0.05) is 29.8 Å². The second-order valence-electron chi connectivity index (χ2n) is 5.04. The van der Waals surface area contributed by atoms with Gasteiger partial charge >= 0.3 is 0 Å². The number of benzene rings is 2. The van der Waals surface area contributed by atoms with Gasteiger partial charge in [0, 0.05) is 10.7 Å². The van der Waals surface area contributed by atoms with Crippen LogP contribution in [0.3, 0.4) is 0 Å². The first-order valence-electron chi connectivity index (χ1n) is 6.48. The van der Waals surface area contributed by atoms with Crippen molar-refractivity contribution in [1.82, 2.24) is 0 Å². The molecule has 0 amide bonds. The van der Waals surface area contributed by atoms with Crippen molar-refractivity contribution in [1.29, 1.82) is 0 Å². The van der Waals surface area contributed by atoms with Gasteiger partial charge in [-0.2, -0.15) is 0 Å². The third-order valence-corrected chi connectivity index (χ3v) is 4.17. The topological polar surface area (TPSA) is 32.3 Å². The summed E-state index contributed by atoms with van der Waals surface area (Å²) in [6.07, 6.45) is 1.91. The molecule has 0 bridgehead atoms. The van der Waals surface area contributed by atoms with Crippen molar-refractivity contribution in [3.63, 3.8) is 0 Å². The van der Waals surface area contributed by atoms with Crippen LogP contribution in [0.15, 0.2) is 36.4 Å². The molecule has 98 valence electrons. The fourth-order valence-corrected chi connectivity index (χ4v) is 2.85. The Balaban J connectivity index is 1.86. The Morgan fingerprint density at radius 3 is 2.89 bits per heavy atom. The minimum absolute atomic E-state index is 0.251. The van der Waals surface area contributed by atoms with Gasteiger partial charge in [-0.3, -0.25) is 0 Å². The summed E-state index contributed by atoms with van der Waals surface area (Å²) in [4.78, 5) is 0. The first kappa shape index (κ1) is 12.4. The van der Waals surface area contributed by atoms with Gasteiger partial charge in [-0.15, -0.1) is 0 Å². The second-order valence-corrected chi connectivity index (χ2v) is 5.45. The summed E-state index contributed by atoms with van der Waals surface area (Å²) >= 11 is 6.14. The zero-order valence-corrected chi connectivity index (χ0v) is 11.5. The number of aromatic hydroxyl groups is 1. The van der Waals surface area contributed by atoms with Gasteiger partial charge in [0.25, 0.3) is 0 Å². The van der Waals surface area contributed by atoms with E-state index in [9.17, 15) is 5.11 Å². The third-order valence-electron chi connectivity index (χ3n) is 3.76. The number of nitrogens with one attached hydrogen (secondary N) is 1. The summed E-state index contributed by atoms with van der Waals surface area (Å²) < 4.78 is 0. The van der Waals surface area contributed by atoms with Crippen LogP contribution in [0.1, 0.15) is 29.2 Å². The van der Waals surface area contributed by atoms with Gasteiger partial charge < -0.3 is 10.4 Å². The molecule has 0 heterocycles. The molecule has 1 aliphatic rings. The molecule has 3 rings (SSSR count). The van der Waals surface area contributed by atoms with Crippen molar-refractivity contribution >= 4 is 17.3 Å². The Morgan fingerprint density at radius 1 is 1.26 bits per heavy atom. The fourth-order valence-electron chi connectivity index (χ4n) is 2.67. The number of hydrogen-bond acceptors (Lipinski definition) is 2. The molecule has 0 saturated carbocycles. The molecule has 0 aliphatic heterocycles. The van der Waals surface area contributed by atoms with Gasteiger partial charge in [-0.25, -0.2) is 0 Å².